The number of amides is 1. The normalized spacial score (nSPS) is 16.1. The predicted molar refractivity (Wildman–Crippen MR) is 115 cm³/mol. The van der Waals surface area contributed by atoms with Crippen LogP contribution in [0.15, 0.2) is 50.2 Å². The zero-order valence-electron chi connectivity index (χ0n) is 13.1. The van der Waals surface area contributed by atoms with Gasteiger partial charge in [-0.25, -0.2) is 0 Å². The number of aromatic hydroxyl groups is 1. The second-order valence-corrected chi connectivity index (χ2v) is 8.75. The maximum absolute atomic E-state index is 12.8. The van der Waals surface area contributed by atoms with Crippen molar-refractivity contribution in [1.29, 1.82) is 0 Å². The summed E-state index contributed by atoms with van der Waals surface area (Å²) in [6, 6.07) is 11.4. The third-order valence-corrected chi connectivity index (χ3v) is 6.24. The van der Waals surface area contributed by atoms with Gasteiger partial charge in [0.2, 0.25) is 0 Å². The molecule has 3 rings (SSSR count). The third-order valence-electron chi connectivity index (χ3n) is 3.73. The van der Waals surface area contributed by atoms with Crippen LogP contribution >= 0.6 is 55.8 Å². The van der Waals surface area contributed by atoms with E-state index in [0.29, 0.717) is 18.2 Å². The molecule has 1 aliphatic heterocycles. The largest absolute Gasteiger partial charge is 0.506 e. The van der Waals surface area contributed by atoms with Gasteiger partial charge in [0.25, 0.3) is 5.91 Å². The highest BCUT2D eigenvalue weighted by atomic mass is 79.9. The molecule has 1 heterocycles. The molecule has 0 unspecified atom stereocenters. The lowest BCUT2D eigenvalue weighted by molar-refractivity contribution is -0.113. The van der Waals surface area contributed by atoms with E-state index in [1.165, 1.54) is 17.3 Å². The van der Waals surface area contributed by atoms with Gasteiger partial charge in [0, 0.05) is 0 Å². The number of hydrogen-bond acceptors (Lipinski definition) is 4. The molecule has 0 spiro atoms. The number of carbonyl (C=O) groups excluding carboxylic acids is 1. The fraction of sp³-hybridized carbons (Fsp3) is 0.111. The van der Waals surface area contributed by atoms with Gasteiger partial charge in [0.15, 0.2) is 4.32 Å². The summed E-state index contributed by atoms with van der Waals surface area (Å²) in [5.74, 6) is -0.0136. The number of halogens is 2. The first-order chi connectivity index (χ1) is 11.9. The highest BCUT2D eigenvalue weighted by molar-refractivity contribution is 9.11. The molecule has 1 saturated heterocycles. The molecule has 1 aliphatic rings. The minimum absolute atomic E-state index is 0.126. The molecule has 2 aromatic carbocycles. The standard InChI is InChI=1S/C18H13Br2NO2S2/c1-2-10-3-5-12(6-4-10)21-17(23)15(25-18(21)24)9-11-7-13(19)16(22)14(20)8-11/h3-9,22H,2H2,1H3/b15-9-. The molecule has 0 radical (unpaired) electrons. The summed E-state index contributed by atoms with van der Waals surface area (Å²) in [6.45, 7) is 2.09. The van der Waals surface area contributed by atoms with Crippen LogP contribution in [0, 0.1) is 0 Å². The molecule has 7 heteroatoms. The van der Waals surface area contributed by atoms with Gasteiger partial charge in [-0.2, -0.15) is 0 Å². The van der Waals surface area contributed by atoms with E-state index < -0.39 is 0 Å². The molecule has 3 nitrogen and oxygen atoms in total. The number of carbonyl (C=O) groups is 1. The maximum atomic E-state index is 12.8. The van der Waals surface area contributed by atoms with E-state index in [-0.39, 0.29) is 11.7 Å². The lowest BCUT2D eigenvalue weighted by Crippen LogP contribution is -2.27. The summed E-state index contributed by atoms with van der Waals surface area (Å²) in [7, 11) is 0. The van der Waals surface area contributed by atoms with Crippen molar-refractivity contribution < 1.29 is 9.90 Å². The SMILES string of the molecule is CCc1ccc(N2C(=O)/C(=C/c3cc(Br)c(O)c(Br)c3)SC2=S)cc1. The zero-order chi connectivity index (χ0) is 18.1. The van der Waals surface area contributed by atoms with E-state index in [1.807, 2.05) is 24.3 Å². The quantitative estimate of drug-likeness (QED) is 0.423. The Morgan fingerprint density at radius 3 is 2.36 bits per heavy atom. The van der Waals surface area contributed by atoms with Gasteiger partial charge in [-0.15, -0.1) is 0 Å². The van der Waals surface area contributed by atoms with Crippen LogP contribution in [0.25, 0.3) is 6.08 Å². The third kappa shape index (κ3) is 3.84. The lowest BCUT2D eigenvalue weighted by atomic mass is 10.1. The molecule has 2 aromatic rings. The van der Waals surface area contributed by atoms with Gasteiger partial charge in [0.1, 0.15) is 5.75 Å². The number of nitrogens with zero attached hydrogens (tertiary/aromatic N) is 1. The van der Waals surface area contributed by atoms with Gasteiger partial charge < -0.3 is 5.11 Å². The Bertz CT molecular complexity index is 871. The number of thioether (sulfide) groups is 1. The number of rotatable bonds is 3. The molecule has 0 atom stereocenters. The predicted octanol–water partition coefficient (Wildman–Crippen LogP) is 5.89. The van der Waals surface area contributed by atoms with Gasteiger partial charge in [-0.3, -0.25) is 9.69 Å². The Morgan fingerprint density at radius 2 is 1.80 bits per heavy atom. The Hall–Kier alpha value is -1.15. The number of thiocarbonyl (C=S) groups is 1. The molecular formula is C18H13Br2NO2S2. The van der Waals surface area contributed by atoms with Gasteiger partial charge in [-0.1, -0.05) is 43.0 Å². The lowest BCUT2D eigenvalue weighted by Gasteiger charge is -2.14. The number of aryl methyl sites for hydroxylation is 1. The van der Waals surface area contributed by atoms with E-state index in [9.17, 15) is 9.90 Å². The Labute approximate surface area is 172 Å². The Morgan fingerprint density at radius 1 is 1.20 bits per heavy atom. The van der Waals surface area contributed by atoms with Gasteiger partial charge >= 0.3 is 0 Å². The van der Waals surface area contributed by atoms with Crippen molar-refractivity contribution in [2.75, 3.05) is 4.90 Å². The molecule has 1 N–H and O–H groups in total. The Kier molecular flexibility index (Phi) is 5.68. The van der Waals surface area contributed by atoms with E-state index in [2.05, 4.69) is 38.8 Å². The smallest absolute Gasteiger partial charge is 0.270 e. The highest BCUT2D eigenvalue weighted by Crippen LogP contribution is 2.38. The summed E-state index contributed by atoms with van der Waals surface area (Å²) in [5.41, 5.74) is 2.78. The van der Waals surface area contributed by atoms with Crippen molar-refractivity contribution >= 4 is 77.8 Å². The first-order valence-electron chi connectivity index (χ1n) is 7.45. The fourth-order valence-electron chi connectivity index (χ4n) is 2.39. The molecular weight excluding hydrogens is 486 g/mol. The second-order valence-electron chi connectivity index (χ2n) is 5.37. The van der Waals surface area contributed by atoms with Crippen molar-refractivity contribution in [3.63, 3.8) is 0 Å². The number of benzene rings is 2. The van der Waals surface area contributed by atoms with Crippen LogP contribution in [0.4, 0.5) is 5.69 Å². The molecule has 25 heavy (non-hydrogen) atoms. The van der Waals surface area contributed by atoms with Crippen molar-refractivity contribution in [2.45, 2.75) is 13.3 Å². The Balaban J connectivity index is 1.92. The molecule has 0 aromatic heterocycles. The van der Waals surface area contributed by atoms with Crippen molar-refractivity contribution in [3.8, 4) is 5.75 Å². The van der Waals surface area contributed by atoms with Crippen molar-refractivity contribution in [3.05, 3.63) is 61.4 Å². The van der Waals surface area contributed by atoms with Crippen LogP contribution in [-0.4, -0.2) is 15.3 Å². The highest BCUT2D eigenvalue weighted by Gasteiger charge is 2.33. The van der Waals surface area contributed by atoms with Crippen LogP contribution in [0.2, 0.25) is 0 Å². The second kappa shape index (κ2) is 7.61. The van der Waals surface area contributed by atoms with Crippen molar-refractivity contribution in [1.82, 2.24) is 0 Å². The monoisotopic (exact) mass is 497 g/mol. The molecule has 0 saturated carbocycles. The first kappa shape index (κ1) is 18.6. The first-order valence-corrected chi connectivity index (χ1v) is 10.3. The summed E-state index contributed by atoms with van der Waals surface area (Å²) < 4.78 is 1.62. The van der Waals surface area contributed by atoms with Gasteiger partial charge in [-0.05, 0) is 79.7 Å². The molecule has 1 fully saturated rings. The zero-order valence-corrected chi connectivity index (χ0v) is 17.9. The van der Waals surface area contributed by atoms with E-state index in [1.54, 1.807) is 23.1 Å². The van der Waals surface area contributed by atoms with Crippen LogP contribution in [0.5, 0.6) is 5.75 Å². The summed E-state index contributed by atoms with van der Waals surface area (Å²) in [5, 5.41) is 9.80. The summed E-state index contributed by atoms with van der Waals surface area (Å²) in [6.07, 6.45) is 2.72. The van der Waals surface area contributed by atoms with E-state index in [4.69, 9.17) is 12.2 Å². The number of phenolic OH excluding ortho intramolecular Hbond substituents is 1. The maximum Gasteiger partial charge on any atom is 0.270 e. The van der Waals surface area contributed by atoms with Crippen LogP contribution < -0.4 is 4.90 Å². The number of hydrogen-bond donors (Lipinski definition) is 1. The van der Waals surface area contributed by atoms with Crippen LogP contribution in [0.3, 0.4) is 0 Å². The average molecular weight is 499 g/mol. The summed E-state index contributed by atoms with van der Waals surface area (Å²) in [4.78, 5) is 14.9. The fourth-order valence-corrected chi connectivity index (χ4v) is 4.91. The minimum atomic E-state index is -0.139. The average Bonchev–Trinajstić information content (AvgIpc) is 2.86. The minimum Gasteiger partial charge on any atom is -0.506 e. The number of anilines is 1. The van der Waals surface area contributed by atoms with Crippen LogP contribution in [0.1, 0.15) is 18.1 Å². The molecule has 0 bridgehead atoms. The van der Waals surface area contributed by atoms with E-state index >= 15 is 0 Å². The van der Waals surface area contributed by atoms with E-state index in [0.717, 1.165) is 17.7 Å². The summed E-state index contributed by atoms with van der Waals surface area (Å²) >= 11 is 13.3. The molecule has 128 valence electrons. The molecule has 1 amide bonds. The van der Waals surface area contributed by atoms with Crippen molar-refractivity contribution in [2.24, 2.45) is 0 Å². The molecule has 0 aliphatic carbocycles. The number of phenols is 1. The van der Waals surface area contributed by atoms with Gasteiger partial charge in [0.05, 0.1) is 19.5 Å². The topological polar surface area (TPSA) is 40.5 Å². The van der Waals surface area contributed by atoms with Crippen LogP contribution in [-0.2, 0) is 11.2 Å².